The average Bonchev–Trinajstić information content (AvgIpc) is 2.79. The molecule has 3 aromatic carbocycles. The Labute approximate surface area is 188 Å². The van der Waals surface area contributed by atoms with Gasteiger partial charge in [0.25, 0.3) is 5.56 Å². The van der Waals surface area contributed by atoms with Gasteiger partial charge in [0.1, 0.15) is 11.6 Å². The predicted molar refractivity (Wildman–Crippen MR) is 120 cm³/mol. The predicted octanol–water partition coefficient (Wildman–Crippen LogP) is 2.95. The van der Waals surface area contributed by atoms with Gasteiger partial charge in [-0.05, 0) is 59.7 Å². The molecule has 4 rings (SSSR count). The number of halogens is 2. The minimum absolute atomic E-state index is 0.0741. The van der Waals surface area contributed by atoms with Crippen molar-refractivity contribution in [2.24, 2.45) is 10.9 Å². The van der Waals surface area contributed by atoms with E-state index >= 15 is 0 Å². The van der Waals surface area contributed by atoms with Gasteiger partial charge in [-0.1, -0.05) is 18.2 Å². The number of primary sulfonamides is 1. The van der Waals surface area contributed by atoms with Gasteiger partial charge >= 0.3 is 0 Å². The van der Waals surface area contributed by atoms with Crippen molar-refractivity contribution in [3.05, 3.63) is 100 Å². The molecule has 0 aliphatic rings. The van der Waals surface area contributed by atoms with Crippen molar-refractivity contribution < 1.29 is 17.2 Å². The summed E-state index contributed by atoms with van der Waals surface area (Å²) in [6.07, 6.45) is 1.43. The highest BCUT2D eigenvalue weighted by Crippen LogP contribution is 2.31. The summed E-state index contributed by atoms with van der Waals surface area (Å²) in [5, 5.41) is 9.38. The van der Waals surface area contributed by atoms with E-state index in [9.17, 15) is 22.0 Å². The Balaban J connectivity index is 1.98. The van der Waals surface area contributed by atoms with Crippen molar-refractivity contribution in [1.29, 1.82) is 0 Å². The van der Waals surface area contributed by atoms with Gasteiger partial charge in [-0.3, -0.25) is 4.79 Å². The quantitative estimate of drug-likeness (QED) is 0.467. The van der Waals surface area contributed by atoms with Crippen LogP contribution in [0.5, 0.6) is 0 Å². The summed E-state index contributed by atoms with van der Waals surface area (Å²) >= 11 is 0. The second-order valence-corrected chi connectivity index (χ2v) is 8.77. The zero-order valence-electron chi connectivity index (χ0n) is 17.1. The van der Waals surface area contributed by atoms with Crippen molar-refractivity contribution in [1.82, 2.24) is 9.78 Å². The Bertz CT molecular complexity index is 1500. The maximum absolute atomic E-state index is 14.1. The summed E-state index contributed by atoms with van der Waals surface area (Å²) in [6, 6.07) is 15.0. The molecule has 0 saturated carbocycles. The maximum Gasteiger partial charge on any atom is 0.279 e. The monoisotopic (exact) mass is 468 g/mol. The van der Waals surface area contributed by atoms with Gasteiger partial charge in [0.05, 0.1) is 22.3 Å². The highest BCUT2D eigenvalue weighted by atomic mass is 32.2. The van der Waals surface area contributed by atoms with Crippen molar-refractivity contribution in [3.8, 4) is 27.9 Å². The molecule has 7 nitrogen and oxygen atoms in total. The molecule has 1 aromatic heterocycles. The number of benzene rings is 3. The largest absolute Gasteiger partial charge is 0.326 e. The van der Waals surface area contributed by atoms with Crippen molar-refractivity contribution in [2.45, 2.75) is 11.4 Å². The Hall–Kier alpha value is -3.73. The standard InChI is InChI=1S/C23H18F2N4O3S/c24-17-4-6-18(7-5-17)29-23(30)22(15-3-10-21(25)16(11-15)12-26)20(13-28-29)14-1-8-19(9-2-14)33(27,31)32/h1-11,13H,12,26H2,(H2,27,31,32). The Kier molecular flexibility index (Phi) is 5.90. The van der Waals surface area contributed by atoms with Crippen LogP contribution in [0.2, 0.25) is 0 Å². The van der Waals surface area contributed by atoms with Gasteiger partial charge in [-0.15, -0.1) is 0 Å². The van der Waals surface area contributed by atoms with E-state index < -0.39 is 27.2 Å². The van der Waals surface area contributed by atoms with Crippen molar-refractivity contribution >= 4 is 10.0 Å². The summed E-state index contributed by atoms with van der Waals surface area (Å²) in [5.74, 6) is -0.974. The number of hydrogen-bond acceptors (Lipinski definition) is 5. The Morgan fingerprint density at radius 3 is 2.15 bits per heavy atom. The molecule has 0 radical (unpaired) electrons. The second-order valence-electron chi connectivity index (χ2n) is 7.21. The summed E-state index contributed by atoms with van der Waals surface area (Å²) in [6.45, 7) is -0.0741. The maximum atomic E-state index is 14.1. The van der Waals surface area contributed by atoms with Crippen LogP contribution in [0.1, 0.15) is 5.56 Å². The molecule has 0 spiro atoms. The average molecular weight is 468 g/mol. The first-order valence-corrected chi connectivity index (χ1v) is 11.2. The van der Waals surface area contributed by atoms with Crippen molar-refractivity contribution in [3.63, 3.8) is 0 Å². The summed E-state index contributed by atoms with van der Waals surface area (Å²) in [5.41, 5.74) is 7.11. The first-order chi connectivity index (χ1) is 15.7. The van der Waals surface area contributed by atoms with Crippen LogP contribution in [-0.2, 0) is 16.6 Å². The molecule has 0 amide bonds. The number of nitrogens with zero attached hydrogens (tertiary/aromatic N) is 2. The molecular weight excluding hydrogens is 450 g/mol. The number of rotatable bonds is 5. The van der Waals surface area contributed by atoms with E-state index in [-0.39, 0.29) is 22.6 Å². The molecule has 0 unspecified atom stereocenters. The van der Waals surface area contributed by atoms with Gasteiger partial charge in [-0.2, -0.15) is 9.78 Å². The highest BCUT2D eigenvalue weighted by Gasteiger charge is 2.18. The van der Waals surface area contributed by atoms with Crippen LogP contribution < -0.4 is 16.4 Å². The molecule has 168 valence electrons. The van der Waals surface area contributed by atoms with E-state index in [2.05, 4.69) is 5.10 Å². The molecule has 33 heavy (non-hydrogen) atoms. The van der Waals surface area contributed by atoms with E-state index in [4.69, 9.17) is 10.9 Å². The topological polar surface area (TPSA) is 121 Å². The third-order valence-electron chi connectivity index (χ3n) is 5.10. The fraction of sp³-hybridized carbons (Fsp3) is 0.0435. The normalized spacial score (nSPS) is 11.5. The highest BCUT2D eigenvalue weighted by molar-refractivity contribution is 7.89. The number of aromatic nitrogens is 2. The molecule has 10 heteroatoms. The smallest absolute Gasteiger partial charge is 0.279 e. The zero-order valence-corrected chi connectivity index (χ0v) is 17.9. The Morgan fingerprint density at radius 1 is 0.909 bits per heavy atom. The first-order valence-electron chi connectivity index (χ1n) is 9.69. The van der Waals surface area contributed by atoms with Gasteiger partial charge in [0, 0.05) is 17.7 Å². The third-order valence-corrected chi connectivity index (χ3v) is 6.03. The molecule has 0 fully saturated rings. The fourth-order valence-corrected chi connectivity index (χ4v) is 3.94. The summed E-state index contributed by atoms with van der Waals surface area (Å²) in [4.78, 5) is 13.4. The van der Waals surface area contributed by atoms with E-state index in [1.54, 1.807) is 0 Å². The lowest BCUT2D eigenvalue weighted by atomic mass is 9.96. The van der Waals surface area contributed by atoms with Gasteiger partial charge in [0.15, 0.2) is 0 Å². The van der Waals surface area contributed by atoms with Gasteiger partial charge in [0.2, 0.25) is 10.0 Å². The fourth-order valence-electron chi connectivity index (χ4n) is 3.43. The summed E-state index contributed by atoms with van der Waals surface area (Å²) < 4.78 is 51.7. The molecule has 0 atom stereocenters. The molecular formula is C23H18F2N4O3S. The molecule has 4 N–H and O–H groups in total. The van der Waals surface area contributed by atoms with Crippen LogP contribution in [0.25, 0.3) is 27.9 Å². The van der Waals surface area contributed by atoms with Crippen LogP contribution in [0.4, 0.5) is 8.78 Å². The number of sulfonamides is 1. The molecule has 1 heterocycles. The minimum atomic E-state index is -3.90. The van der Waals surface area contributed by atoms with Gasteiger partial charge in [-0.25, -0.2) is 22.3 Å². The minimum Gasteiger partial charge on any atom is -0.326 e. The van der Waals surface area contributed by atoms with Crippen LogP contribution in [0.3, 0.4) is 0 Å². The number of hydrogen-bond donors (Lipinski definition) is 2. The van der Waals surface area contributed by atoms with E-state index in [0.29, 0.717) is 22.4 Å². The van der Waals surface area contributed by atoms with Crippen LogP contribution in [0, 0.1) is 11.6 Å². The summed E-state index contributed by atoms with van der Waals surface area (Å²) in [7, 11) is -3.90. The first kappa shape index (κ1) is 22.5. The van der Waals surface area contributed by atoms with E-state index in [1.165, 1.54) is 72.9 Å². The molecule has 0 aliphatic carbocycles. The lowest BCUT2D eigenvalue weighted by Crippen LogP contribution is -2.23. The molecule has 0 aliphatic heterocycles. The van der Waals surface area contributed by atoms with Crippen LogP contribution in [-0.4, -0.2) is 18.2 Å². The van der Waals surface area contributed by atoms with E-state index in [0.717, 1.165) is 4.68 Å². The van der Waals surface area contributed by atoms with Crippen LogP contribution >= 0.6 is 0 Å². The Morgan fingerprint density at radius 2 is 1.55 bits per heavy atom. The molecule has 4 aromatic rings. The number of nitrogens with two attached hydrogens (primary N) is 2. The third kappa shape index (κ3) is 4.44. The lowest BCUT2D eigenvalue weighted by molar-refractivity contribution is 0.598. The van der Waals surface area contributed by atoms with Gasteiger partial charge < -0.3 is 5.73 Å². The van der Waals surface area contributed by atoms with Crippen molar-refractivity contribution in [2.75, 3.05) is 0 Å². The zero-order chi connectivity index (χ0) is 23.8. The lowest BCUT2D eigenvalue weighted by Gasteiger charge is -2.14. The SMILES string of the molecule is NCc1cc(-c2c(-c3ccc(S(N)(=O)=O)cc3)cnn(-c3ccc(F)cc3)c2=O)ccc1F. The molecule has 0 bridgehead atoms. The van der Waals surface area contributed by atoms with Crippen LogP contribution in [0.15, 0.2) is 82.6 Å². The second kappa shape index (κ2) is 8.66. The molecule has 0 saturated heterocycles. The van der Waals surface area contributed by atoms with E-state index in [1.807, 2.05) is 0 Å².